The van der Waals surface area contributed by atoms with E-state index < -0.39 is 5.82 Å². The lowest BCUT2D eigenvalue weighted by atomic mass is 10.2. The zero-order valence-corrected chi connectivity index (χ0v) is 12.0. The lowest BCUT2D eigenvalue weighted by molar-refractivity contribution is 0.432. The SMILES string of the molecule is Nc1cc(Cl)ccc1-c1nc(-c2ccc(F)cc2Cl)no1. The van der Waals surface area contributed by atoms with Gasteiger partial charge in [0.1, 0.15) is 5.82 Å². The Morgan fingerprint density at radius 1 is 1.05 bits per heavy atom. The van der Waals surface area contributed by atoms with E-state index in [9.17, 15) is 4.39 Å². The van der Waals surface area contributed by atoms with Crippen LogP contribution in [-0.2, 0) is 0 Å². The first-order valence-corrected chi connectivity index (χ1v) is 6.65. The van der Waals surface area contributed by atoms with Crippen LogP contribution in [0.15, 0.2) is 40.9 Å². The minimum absolute atomic E-state index is 0.200. The van der Waals surface area contributed by atoms with E-state index in [-0.39, 0.29) is 16.7 Å². The minimum Gasteiger partial charge on any atom is -0.398 e. The molecule has 3 rings (SSSR count). The second-order valence-electron chi connectivity index (χ2n) is 4.28. The van der Waals surface area contributed by atoms with Gasteiger partial charge in [-0.25, -0.2) is 4.39 Å². The van der Waals surface area contributed by atoms with E-state index in [2.05, 4.69) is 10.1 Å². The fourth-order valence-corrected chi connectivity index (χ4v) is 2.27. The maximum absolute atomic E-state index is 13.0. The largest absolute Gasteiger partial charge is 0.398 e. The highest BCUT2D eigenvalue weighted by atomic mass is 35.5. The maximum Gasteiger partial charge on any atom is 0.260 e. The molecule has 0 aliphatic rings. The number of aromatic nitrogens is 2. The number of hydrogen-bond acceptors (Lipinski definition) is 4. The molecule has 4 nitrogen and oxygen atoms in total. The van der Waals surface area contributed by atoms with Crippen LogP contribution in [-0.4, -0.2) is 10.1 Å². The Hall–Kier alpha value is -2.11. The molecule has 0 spiro atoms. The summed E-state index contributed by atoms with van der Waals surface area (Å²) >= 11 is 11.8. The third-order valence-electron chi connectivity index (χ3n) is 2.84. The third kappa shape index (κ3) is 2.70. The van der Waals surface area contributed by atoms with E-state index in [4.69, 9.17) is 33.5 Å². The number of halogens is 3. The second kappa shape index (κ2) is 5.35. The molecule has 21 heavy (non-hydrogen) atoms. The Bertz CT molecular complexity index is 754. The van der Waals surface area contributed by atoms with Crippen LogP contribution < -0.4 is 5.73 Å². The highest BCUT2D eigenvalue weighted by Crippen LogP contribution is 2.31. The molecular weight excluding hydrogens is 316 g/mol. The van der Waals surface area contributed by atoms with Crippen molar-refractivity contribution < 1.29 is 8.91 Å². The number of benzene rings is 2. The highest BCUT2D eigenvalue weighted by Gasteiger charge is 2.15. The van der Waals surface area contributed by atoms with Gasteiger partial charge in [-0.05, 0) is 36.4 Å². The standard InChI is InChI=1S/C14H8Cl2FN3O/c15-7-1-3-10(12(18)5-7)14-19-13(20-21-14)9-4-2-8(17)6-11(9)16/h1-6H,18H2. The van der Waals surface area contributed by atoms with Crippen LogP contribution in [0.2, 0.25) is 10.0 Å². The highest BCUT2D eigenvalue weighted by molar-refractivity contribution is 6.33. The van der Waals surface area contributed by atoms with Crippen molar-refractivity contribution in [1.82, 2.24) is 10.1 Å². The molecule has 0 atom stereocenters. The zero-order valence-electron chi connectivity index (χ0n) is 10.5. The van der Waals surface area contributed by atoms with Crippen LogP contribution >= 0.6 is 23.2 Å². The summed E-state index contributed by atoms with van der Waals surface area (Å²) in [6.07, 6.45) is 0. The Labute approximate surface area is 129 Å². The molecule has 0 aliphatic heterocycles. The lowest BCUT2D eigenvalue weighted by Gasteiger charge is -2.00. The average molecular weight is 324 g/mol. The first kappa shape index (κ1) is 13.9. The van der Waals surface area contributed by atoms with Crippen molar-refractivity contribution in [3.8, 4) is 22.8 Å². The van der Waals surface area contributed by atoms with Gasteiger partial charge in [0, 0.05) is 16.3 Å². The molecule has 106 valence electrons. The molecular formula is C14H8Cl2FN3O. The van der Waals surface area contributed by atoms with Crippen molar-refractivity contribution in [3.63, 3.8) is 0 Å². The van der Waals surface area contributed by atoms with Gasteiger partial charge in [-0.2, -0.15) is 4.98 Å². The Morgan fingerprint density at radius 2 is 1.81 bits per heavy atom. The number of nitrogen functional groups attached to an aromatic ring is 1. The topological polar surface area (TPSA) is 64.9 Å². The summed E-state index contributed by atoms with van der Waals surface area (Å²) in [5.41, 5.74) is 7.32. The molecule has 0 unspecified atom stereocenters. The predicted molar refractivity (Wildman–Crippen MR) is 79.6 cm³/mol. The number of nitrogens with zero attached hydrogens (tertiary/aromatic N) is 2. The number of rotatable bonds is 2. The second-order valence-corrected chi connectivity index (χ2v) is 5.12. The minimum atomic E-state index is -0.436. The van der Waals surface area contributed by atoms with E-state index in [1.807, 2.05) is 0 Å². The Kier molecular flexibility index (Phi) is 3.53. The van der Waals surface area contributed by atoms with Gasteiger partial charge in [0.25, 0.3) is 5.89 Å². The molecule has 0 amide bonds. The normalized spacial score (nSPS) is 10.8. The molecule has 2 aromatic carbocycles. The van der Waals surface area contributed by atoms with Gasteiger partial charge in [-0.15, -0.1) is 0 Å². The Morgan fingerprint density at radius 3 is 2.52 bits per heavy atom. The van der Waals surface area contributed by atoms with Gasteiger partial charge in [0.2, 0.25) is 5.82 Å². The summed E-state index contributed by atoms with van der Waals surface area (Å²) in [4.78, 5) is 4.22. The molecule has 0 fully saturated rings. The third-order valence-corrected chi connectivity index (χ3v) is 3.39. The van der Waals surface area contributed by atoms with Crippen molar-refractivity contribution >= 4 is 28.9 Å². The van der Waals surface area contributed by atoms with Crippen molar-refractivity contribution in [2.45, 2.75) is 0 Å². The van der Waals surface area contributed by atoms with Crippen molar-refractivity contribution in [3.05, 3.63) is 52.3 Å². The van der Waals surface area contributed by atoms with E-state index in [1.54, 1.807) is 18.2 Å². The summed E-state index contributed by atoms with van der Waals surface area (Å²) in [6, 6.07) is 8.88. The molecule has 1 heterocycles. The van der Waals surface area contributed by atoms with Gasteiger partial charge in [0.05, 0.1) is 10.6 Å². The van der Waals surface area contributed by atoms with Crippen molar-refractivity contribution in [2.24, 2.45) is 0 Å². The van der Waals surface area contributed by atoms with Crippen molar-refractivity contribution in [1.29, 1.82) is 0 Å². The molecule has 2 N–H and O–H groups in total. The summed E-state index contributed by atoms with van der Waals surface area (Å²) < 4.78 is 18.2. The molecule has 0 radical (unpaired) electrons. The zero-order chi connectivity index (χ0) is 15.0. The fourth-order valence-electron chi connectivity index (χ4n) is 1.84. The van der Waals surface area contributed by atoms with Crippen LogP contribution in [0.3, 0.4) is 0 Å². The lowest BCUT2D eigenvalue weighted by Crippen LogP contribution is -1.90. The smallest absolute Gasteiger partial charge is 0.260 e. The summed E-state index contributed by atoms with van der Waals surface area (Å²) in [5, 5.41) is 4.55. The molecule has 0 saturated heterocycles. The first-order valence-electron chi connectivity index (χ1n) is 5.89. The van der Waals surface area contributed by atoms with E-state index in [1.165, 1.54) is 18.2 Å². The first-order chi connectivity index (χ1) is 10.0. The number of nitrogens with two attached hydrogens (primary N) is 1. The van der Waals surface area contributed by atoms with Gasteiger partial charge in [-0.3, -0.25) is 0 Å². The maximum atomic E-state index is 13.0. The van der Waals surface area contributed by atoms with Crippen LogP contribution in [0.5, 0.6) is 0 Å². The molecule has 0 bridgehead atoms. The van der Waals surface area contributed by atoms with Gasteiger partial charge in [-0.1, -0.05) is 28.4 Å². The Balaban J connectivity index is 2.03. The van der Waals surface area contributed by atoms with Gasteiger partial charge < -0.3 is 10.3 Å². The molecule has 0 aliphatic carbocycles. The van der Waals surface area contributed by atoms with Crippen LogP contribution in [0, 0.1) is 5.82 Å². The van der Waals surface area contributed by atoms with E-state index in [0.29, 0.717) is 21.8 Å². The molecule has 3 aromatic rings. The number of hydrogen-bond donors (Lipinski definition) is 1. The summed E-state index contributed by atoms with van der Waals surface area (Å²) in [7, 11) is 0. The quantitative estimate of drug-likeness (QED) is 0.708. The monoisotopic (exact) mass is 323 g/mol. The fraction of sp³-hybridized carbons (Fsp3) is 0. The number of anilines is 1. The van der Waals surface area contributed by atoms with Gasteiger partial charge in [0.15, 0.2) is 0 Å². The average Bonchev–Trinajstić information content (AvgIpc) is 2.87. The van der Waals surface area contributed by atoms with E-state index >= 15 is 0 Å². The van der Waals surface area contributed by atoms with Gasteiger partial charge >= 0.3 is 0 Å². The summed E-state index contributed by atoms with van der Waals surface area (Å²) in [6.45, 7) is 0. The molecule has 7 heteroatoms. The van der Waals surface area contributed by atoms with Crippen LogP contribution in [0.4, 0.5) is 10.1 Å². The van der Waals surface area contributed by atoms with Crippen molar-refractivity contribution in [2.75, 3.05) is 5.73 Å². The molecule has 1 aromatic heterocycles. The van der Waals surface area contributed by atoms with Crippen LogP contribution in [0.25, 0.3) is 22.8 Å². The van der Waals surface area contributed by atoms with E-state index in [0.717, 1.165) is 0 Å². The summed E-state index contributed by atoms with van der Waals surface area (Å²) in [5.74, 6) is 0.0540. The molecule has 0 saturated carbocycles. The van der Waals surface area contributed by atoms with Crippen LogP contribution in [0.1, 0.15) is 0 Å². The predicted octanol–water partition coefficient (Wildman–Crippen LogP) is 4.43.